The van der Waals surface area contributed by atoms with Crippen LogP contribution in [0.1, 0.15) is 12.8 Å². The van der Waals surface area contributed by atoms with E-state index in [9.17, 15) is 5.21 Å². The Balaban J connectivity index is 1.21. The minimum absolute atomic E-state index is 0.0471. The molecule has 0 radical (unpaired) electrons. The van der Waals surface area contributed by atoms with Crippen molar-refractivity contribution in [1.82, 2.24) is 19.5 Å². The Hall–Kier alpha value is -2.52. The van der Waals surface area contributed by atoms with Crippen LogP contribution < -0.4 is 5.32 Å². The number of aliphatic imine (C=N–C) groups is 1. The molecule has 3 aliphatic heterocycles. The smallest absolute Gasteiger partial charge is 0.291 e. The van der Waals surface area contributed by atoms with Gasteiger partial charge in [0.15, 0.2) is 5.60 Å². The van der Waals surface area contributed by atoms with E-state index in [1.54, 1.807) is 23.2 Å². The van der Waals surface area contributed by atoms with Gasteiger partial charge in [-0.15, -0.1) is 0 Å². The van der Waals surface area contributed by atoms with Crippen molar-refractivity contribution in [3.8, 4) is 5.82 Å². The van der Waals surface area contributed by atoms with Crippen LogP contribution in [-0.2, 0) is 4.74 Å². The fourth-order valence-electron chi connectivity index (χ4n) is 4.98. The van der Waals surface area contributed by atoms with E-state index in [0.29, 0.717) is 36.7 Å². The fraction of sp³-hybridized carbons (Fsp3) is 0.500. The van der Waals surface area contributed by atoms with Gasteiger partial charge in [-0.25, -0.2) is 19.9 Å². The van der Waals surface area contributed by atoms with Gasteiger partial charge < -0.3 is 14.6 Å². The molecule has 128 valence electrons. The number of rotatable bonds is 2. The molecule has 2 aromatic heterocycles. The molecule has 1 N–H and O–H groups in total. The van der Waals surface area contributed by atoms with Gasteiger partial charge >= 0.3 is 0 Å². The maximum Gasteiger partial charge on any atom is 0.291 e. The Bertz CT molecular complexity index is 896. The maximum absolute atomic E-state index is 12.8. The number of hydroxylamine groups is 3. The third-order valence-corrected chi connectivity index (χ3v) is 6.37. The predicted octanol–water partition coefficient (Wildman–Crippen LogP) is 0.690. The van der Waals surface area contributed by atoms with E-state index in [0.717, 1.165) is 19.4 Å². The van der Waals surface area contributed by atoms with Crippen LogP contribution >= 0.6 is 0 Å². The van der Waals surface area contributed by atoms with Gasteiger partial charge in [-0.1, -0.05) is 0 Å². The van der Waals surface area contributed by atoms with Crippen molar-refractivity contribution in [3.05, 3.63) is 36.3 Å². The summed E-state index contributed by atoms with van der Waals surface area (Å²) in [6, 6.07) is 2.26. The highest BCUT2D eigenvalue weighted by atomic mass is 16.6. The van der Waals surface area contributed by atoms with Crippen LogP contribution in [-0.4, -0.2) is 61.0 Å². The number of nitrogens with one attached hydrogen (secondary N) is 1. The molecule has 9 heteroatoms. The highest BCUT2D eigenvalue weighted by Gasteiger charge is 2.85. The third kappa shape index (κ3) is 1.64. The van der Waals surface area contributed by atoms with Gasteiger partial charge in [0, 0.05) is 24.9 Å². The average molecular weight is 339 g/mol. The zero-order chi connectivity index (χ0) is 16.7. The lowest BCUT2D eigenvalue weighted by Gasteiger charge is -2.55. The maximum atomic E-state index is 12.8. The first kappa shape index (κ1) is 13.7. The quantitative estimate of drug-likeness (QED) is 0.638. The highest BCUT2D eigenvalue weighted by molar-refractivity contribution is 5.89. The van der Waals surface area contributed by atoms with E-state index in [-0.39, 0.29) is 10.2 Å². The minimum atomic E-state index is -0.416. The van der Waals surface area contributed by atoms with E-state index >= 15 is 0 Å². The summed E-state index contributed by atoms with van der Waals surface area (Å²) < 4.78 is 7.91. The number of hydrogen-bond donors (Lipinski definition) is 1. The third-order valence-electron chi connectivity index (χ3n) is 6.37. The van der Waals surface area contributed by atoms with Gasteiger partial charge in [0.05, 0.1) is 25.4 Å². The summed E-state index contributed by atoms with van der Waals surface area (Å²) in [5, 5.41) is 16.0. The van der Waals surface area contributed by atoms with Crippen LogP contribution in [0.4, 0.5) is 5.82 Å². The molecule has 2 aromatic rings. The number of hydrogen-bond acceptors (Lipinski definition) is 7. The lowest BCUT2D eigenvalue weighted by molar-refractivity contribution is -0.951. The van der Waals surface area contributed by atoms with Crippen molar-refractivity contribution < 1.29 is 9.38 Å². The van der Waals surface area contributed by atoms with Crippen LogP contribution in [0.3, 0.4) is 0 Å². The van der Waals surface area contributed by atoms with E-state index in [4.69, 9.17) is 4.74 Å². The second-order valence-corrected chi connectivity index (χ2v) is 7.53. The number of quaternary nitrogens is 1. The fourth-order valence-corrected chi connectivity index (χ4v) is 4.98. The van der Waals surface area contributed by atoms with Crippen molar-refractivity contribution in [3.63, 3.8) is 0 Å². The first-order valence-corrected chi connectivity index (χ1v) is 8.52. The molecular formula is C16H17N7O2. The number of imidazole rings is 1. The Morgan fingerprint density at radius 2 is 2.36 bits per heavy atom. The van der Waals surface area contributed by atoms with Crippen LogP contribution in [0.2, 0.25) is 0 Å². The molecule has 1 aliphatic carbocycles. The van der Waals surface area contributed by atoms with Gasteiger partial charge in [0.1, 0.15) is 36.4 Å². The Morgan fingerprint density at radius 3 is 3.04 bits per heavy atom. The van der Waals surface area contributed by atoms with Gasteiger partial charge in [-0.3, -0.25) is 9.88 Å². The molecule has 4 aliphatic rings. The number of anilines is 1. The monoisotopic (exact) mass is 339 g/mol. The zero-order valence-electron chi connectivity index (χ0n) is 13.5. The van der Waals surface area contributed by atoms with Gasteiger partial charge in [-0.05, 0) is 0 Å². The summed E-state index contributed by atoms with van der Waals surface area (Å²) in [6.07, 6.45) is 8.69. The van der Waals surface area contributed by atoms with E-state index in [2.05, 4.69) is 25.3 Å². The number of nitrogens with zero attached hydrogens (tertiary/aromatic N) is 6. The van der Waals surface area contributed by atoms with Crippen molar-refractivity contribution in [1.29, 1.82) is 0 Å². The lowest BCUT2D eigenvalue weighted by atomic mass is 9.97. The van der Waals surface area contributed by atoms with E-state index in [1.807, 2.05) is 6.20 Å². The lowest BCUT2D eigenvalue weighted by Crippen LogP contribution is -2.62. The molecule has 2 spiro atoms. The summed E-state index contributed by atoms with van der Waals surface area (Å²) in [7, 11) is 0. The molecule has 0 amide bonds. The predicted molar refractivity (Wildman–Crippen MR) is 87.7 cm³/mol. The highest BCUT2D eigenvalue weighted by Crippen LogP contribution is 2.71. The SMILES string of the molecule is [O-][N+]12CCC13CC3[C@]1(CN=C(Nc3cc(-n4ccnc4)ncn3)O1)C2. The number of fused-ring (bicyclic) bond motifs is 1. The molecule has 2 saturated heterocycles. The molecular weight excluding hydrogens is 322 g/mol. The molecule has 3 unspecified atom stereocenters. The second-order valence-electron chi connectivity index (χ2n) is 7.53. The normalized spacial score (nSPS) is 40.0. The van der Waals surface area contributed by atoms with Crippen LogP contribution in [0.5, 0.6) is 0 Å². The Morgan fingerprint density at radius 1 is 1.40 bits per heavy atom. The van der Waals surface area contributed by atoms with E-state index < -0.39 is 5.60 Å². The summed E-state index contributed by atoms with van der Waals surface area (Å²) in [5.74, 6) is 1.66. The minimum Gasteiger partial charge on any atom is -0.632 e. The molecule has 5 heterocycles. The topological polar surface area (TPSA) is 100 Å². The van der Waals surface area contributed by atoms with Crippen molar-refractivity contribution in [2.24, 2.45) is 10.9 Å². The molecule has 6 rings (SSSR count). The molecule has 9 nitrogen and oxygen atoms in total. The van der Waals surface area contributed by atoms with Crippen molar-refractivity contribution >= 4 is 11.8 Å². The number of aromatic nitrogens is 4. The van der Waals surface area contributed by atoms with Crippen LogP contribution in [0, 0.1) is 11.1 Å². The summed E-state index contributed by atoms with van der Waals surface area (Å²) in [4.78, 5) is 17.0. The summed E-state index contributed by atoms with van der Waals surface area (Å²) >= 11 is 0. The number of piperidine rings is 1. The van der Waals surface area contributed by atoms with Crippen LogP contribution in [0.15, 0.2) is 36.1 Å². The van der Waals surface area contributed by atoms with Crippen molar-refractivity contribution in [2.75, 3.05) is 25.0 Å². The second kappa shape index (κ2) is 4.17. The molecule has 1 saturated carbocycles. The number of amidine groups is 1. The first-order chi connectivity index (χ1) is 12.1. The zero-order valence-corrected chi connectivity index (χ0v) is 13.5. The average Bonchev–Trinajstić information content (AvgIpc) is 2.95. The molecule has 3 fully saturated rings. The molecule has 0 aromatic carbocycles. The van der Waals surface area contributed by atoms with Gasteiger partial charge in [0.2, 0.25) is 0 Å². The largest absolute Gasteiger partial charge is 0.632 e. The standard InChI is InChI=1S/C16H17N7O2/c24-23-4-1-15(23)6-11(15)16(8-23)7-18-14(25-16)21-12-5-13(20-9-19-12)22-3-2-17-10-22/h2-3,5,9-11H,1,4,6-8H2,(H,18,19,20,21)/t11?,15?,16-,23?/m0/s1. The summed E-state index contributed by atoms with van der Waals surface area (Å²) in [6.45, 7) is 1.81. The molecule has 4 atom stereocenters. The van der Waals surface area contributed by atoms with E-state index in [1.165, 1.54) is 6.33 Å². The summed E-state index contributed by atoms with van der Waals surface area (Å²) in [5.41, 5.74) is -0.463. The Kier molecular flexibility index (Phi) is 2.29. The van der Waals surface area contributed by atoms with Crippen molar-refractivity contribution in [2.45, 2.75) is 24.0 Å². The van der Waals surface area contributed by atoms with Gasteiger partial charge in [0.25, 0.3) is 6.02 Å². The van der Waals surface area contributed by atoms with Gasteiger partial charge in [-0.2, -0.15) is 0 Å². The Labute approximate surface area is 143 Å². The number of ether oxygens (including phenoxy) is 1. The van der Waals surface area contributed by atoms with Crippen LogP contribution in [0.25, 0.3) is 5.82 Å². The molecule has 25 heavy (non-hydrogen) atoms. The molecule has 0 bridgehead atoms. The first-order valence-electron chi connectivity index (χ1n) is 8.52.